The Kier molecular flexibility index (Phi) is 4.56. The topological polar surface area (TPSA) is 63.6 Å². The first-order chi connectivity index (χ1) is 9.82. The zero-order valence-electron chi connectivity index (χ0n) is 13.0. The van der Waals surface area contributed by atoms with Crippen LogP contribution in [0.3, 0.4) is 0 Å². The van der Waals surface area contributed by atoms with Crippen molar-refractivity contribution in [1.29, 1.82) is 0 Å². The lowest BCUT2D eigenvalue weighted by Crippen LogP contribution is -2.17. The van der Waals surface area contributed by atoms with Gasteiger partial charge in [0.1, 0.15) is 17.3 Å². The van der Waals surface area contributed by atoms with E-state index < -0.39 is 0 Å². The molecule has 0 spiro atoms. The number of rotatable bonds is 3. The maximum atomic E-state index is 4.71. The average molecular weight is 350 g/mol. The molecule has 0 radical (unpaired) electrons. The summed E-state index contributed by atoms with van der Waals surface area (Å²) in [4.78, 5) is 17.8. The van der Waals surface area contributed by atoms with Crippen LogP contribution >= 0.6 is 15.9 Å². The van der Waals surface area contributed by atoms with Crippen LogP contribution in [0.25, 0.3) is 11.5 Å². The van der Waals surface area contributed by atoms with E-state index in [1.165, 1.54) is 0 Å². The maximum Gasteiger partial charge on any atom is 0.180 e. The molecule has 6 heteroatoms. The third-order valence-electron chi connectivity index (χ3n) is 2.91. The maximum absolute atomic E-state index is 4.71. The van der Waals surface area contributed by atoms with Gasteiger partial charge in [-0.25, -0.2) is 19.9 Å². The highest BCUT2D eigenvalue weighted by atomic mass is 79.9. The van der Waals surface area contributed by atoms with Crippen molar-refractivity contribution in [1.82, 2.24) is 19.9 Å². The lowest BCUT2D eigenvalue weighted by molar-refractivity contribution is 0.564. The second-order valence-corrected chi connectivity index (χ2v) is 6.62. The number of aromatic nitrogens is 4. The summed E-state index contributed by atoms with van der Waals surface area (Å²) in [5, 5.41) is 3.27. The zero-order valence-corrected chi connectivity index (χ0v) is 14.6. The van der Waals surface area contributed by atoms with Crippen LogP contribution in [0.15, 0.2) is 16.7 Å². The number of aryl methyl sites for hydroxylation is 1. The molecule has 112 valence electrons. The zero-order chi connectivity index (χ0) is 15.6. The van der Waals surface area contributed by atoms with E-state index >= 15 is 0 Å². The van der Waals surface area contributed by atoms with Gasteiger partial charge in [0, 0.05) is 18.2 Å². The molecular weight excluding hydrogens is 330 g/mol. The Bertz CT molecular complexity index is 649. The van der Waals surface area contributed by atoms with Crippen molar-refractivity contribution >= 4 is 21.7 Å². The normalized spacial score (nSPS) is 11.5. The number of anilines is 1. The molecule has 0 saturated heterocycles. The molecule has 0 unspecified atom stereocenters. The van der Waals surface area contributed by atoms with Crippen LogP contribution in [0.5, 0.6) is 0 Å². The Hall–Kier alpha value is -1.56. The minimum atomic E-state index is -0.0945. The van der Waals surface area contributed by atoms with Crippen LogP contribution in [0.2, 0.25) is 0 Å². The van der Waals surface area contributed by atoms with Crippen LogP contribution in [0.4, 0.5) is 5.82 Å². The SMILES string of the molecule is CCNc1nc(-c2ccnc(C)n2)nc(C(C)(C)C)c1Br. The summed E-state index contributed by atoms with van der Waals surface area (Å²) in [5.74, 6) is 2.12. The van der Waals surface area contributed by atoms with Gasteiger partial charge in [-0.1, -0.05) is 20.8 Å². The lowest BCUT2D eigenvalue weighted by atomic mass is 9.92. The quantitative estimate of drug-likeness (QED) is 0.914. The summed E-state index contributed by atoms with van der Waals surface area (Å²) >= 11 is 3.62. The fraction of sp³-hybridized carbons (Fsp3) is 0.467. The molecule has 0 fully saturated rings. The van der Waals surface area contributed by atoms with E-state index in [0.717, 1.165) is 28.2 Å². The monoisotopic (exact) mass is 349 g/mol. The van der Waals surface area contributed by atoms with Gasteiger partial charge in [0.25, 0.3) is 0 Å². The van der Waals surface area contributed by atoms with E-state index in [-0.39, 0.29) is 5.41 Å². The van der Waals surface area contributed by atoms with Gasteiger partial charge in [-0.2, -0.15) is 0 Å². The Balaban J connectivity index is 2.64. The van der Waals surface area contributed by atoms with Crippen LogP contribution in [-0.2, 0) is 5.41 Å². The molecule has 0 amide bonds. The molecule has 0 aromatic carbocycles. The van der Waals surface area contributed by atoms with Gasteiger partial charge >= 0.3 is 0 Å². The first kappa shape index (κ1) is 15.8. The number of nitrogens with one attached hydrogen (secondary N) is 1. The molecule has 0 aliphatic heterocycles. The van der Waals surface area contributed by atoms with E-state index in [1.807, 2.05) is 19.9 Å². The molecule has 0 atom stereocenters. The van der Waals surface area contributed by atoms with Crippen molar-refractivity contribution in [2.24, 2.45) is 0 Å². The Morgan fingerprint density at radius 2 is 1.90 bits per heavy atom. The summed E-state index contributed by atoms with van der Waals surface area (Å²) in [6.45, 7) is 11.1. The smallest absolute Gasteiger partial charge is 0.180 e. The minimum absolute atomic E-state index is 0.0945. The van der Waals surface area contributed by atoms with Crippen LogP contribution in [0, 0.1) is 6.92 Å². The van der Waals surface area contributed by atoms with E-state index in [9.17, 15) is 0 Å². The van der Waals surface area contributed by atoms with Gasteiger partial charge < -0.3 is 5.32 Å². The molecule has 2 aromatic heterocycles. The summed E-state index contributed by atoms with van der Waals surface area (Å²) in [5.41, 5.74) is 1.60. The molecule has 1 N–H and O–H groups in total. The molecular formula is C15H20BrN5. The van der Waals surface area contributed by atoms with Crippen molar-refractivity contribution in [2.45, 2.75) is 40.0 Å². The highest BCUT2D eigenvalue weighted by Gasteiger charge is 2.23. The molecule has 2 rings (SSSR count). The number of hydrogen-bond donors (Lipinski definition) is 1. The second kappa shape index (κ2) is 6.05. The summed E-state index contributed by atoms with van der Waals surface area (Å²) in [6.07, 6.45) is 1.73. The van der Waals surface area contributed by atoms with Crippen molar-refractivity contribution in [3.8, 4) is 11.5 Å². The van der Waals surface area contributed by atoms with E-state index in [2.05, 4.69) is 57.0 Å². The van der Waals surface area contributed by atoms with Crippen molar-refractivity contribution < 1.29 is 0 Å². The van der Waals surface area contributed by atoms with Gasteiger partial charge in [-0.3, -0.25) is 0 Å². The summed E-state index contributed by atoms with van der Waals surface area (Å²) in [7, 11) is 0. The summed E-state index contributed by atoms with van der Waals surface area (Å²) in [6, 6.07) is 1.83. The number of halogens is 1. The average Bonchev–Trinajstić information content (AvgIpc) is 2.40. The van der Waals surface area contributed by atoms with Crippen LogP contribution in [0.1, 0.15) is 39.2 Å². The molecule has 5 nitrogen and oxygen atoms in total. The standard InChI is InChI=1S/C15H20BrN5/c1-6-17-14-11(16)12(15(3,4)5)20-13(21-14)10-7-8-18-9(2)19-10/h7-8H,6H2,1-5H3,(H,17,20,21). The molecule has 2 aromatic rings. The highest BCUT2D eigenvalue weighted by molar-refractivity contribution is 9.10. The van der Waals surface area contributed by atoms with Gasteiger partial charge in [0.05, 0.1) is 10.2 Å². The Morgan fingerprint density at radius 1 is 1.19 bits per heavy atom. The third kappa shape index (κ3) is 3.56. The number of nitrogens with zero attached hydrogens (tertiary/aromatic N) is 4. The molecule has 0 saturated carbocycles. The van der Waals surface area contributed by atoms with Crippen molar-refractivity contribution in [3.05, 3.63) is 28.3 Å². The Morgan fingerprint density at radius 3 is 2.48 bits per heavy atom. The highest BCUT2D eigenvalue weighted by Crippen LogP contribution is 2.34. The lowest BCUT2D eigenvalue weighted by Gasteiger charge is -2.22. The van der Waals surface area contributed by atoms with E-state index in [1.54, 1.807) is 6.20 Å². The second-order valence-electron chi connectivity index (χ2n) is 5.83. The van der Waals surface area contributed by atoms with E-state index in [4.69, 9.17) is 4.98 Å². The predicted octanol–water partition coefficient (Wildman–Crippen LogP) is 3.73. The first-order valence-electron chi connectivity index (χ1n) is 6.95. The van der Waals surface area contributed by atoms with Crippen molar-refractivity contribution in [2.75, 3.05) is 11.9 Å². The Labute approximate surface area is 133 Å². The third-order valence-corrected chi connectivity index (χ3v) is 3.66. The number of hydrogen-bond acceptors (Lipinski definition) is 5. The molecule has 0 bridgehead atoms. The molecule has 21 heavy (non-hydrogen) atoms. The minimum Gasteiger partial charge on any atom is -0.369 e. The summed E-state index contributed by atoms with van der Waals surface area (Å²) < 4.78 is 0.909. The van der Waals surface area contributed by atoms with Gasteiger partial charge in [0.2, 0.25) is 0 Å². The predicted molar refractivity (Wildman–Crippen MR) is 88.4 cm³/mol. The van der Waals surface area contributed by atoms with Gasteiger partial charge in [-0.15, -0.1) is 0 Å². The first-order valence-corrected chi connectivity index (χ1v) is 7.74. The van der Waals surface area contributed by atoms with Crippen LogP contribution < -0.4 is 5.32 Å². The van der Waals surface area contributed by atoms with Crippen molar-refractivity contribution in [3.63, 3.8) is 0 Å². The fourth-order valence-electron chi connectivity index (χ4n) is 1.92. The largest absolute Gasteiger partial charge is 0.369 e. The molecule has 0 aliphatic carbocycles. The molecule has 0 aliphatic rings. The fourth-order valence-corrected chi connectivity index (χ4v) is 2.84. The molecule has 2 heterocycles. The van der Waals surface area contributed by atoms with Crippen LogP contribution in [-0.4, -0.2) is 26.5 Å². The van der Waals surface area contributed by atoms with Gasteiger partial charge in [0.15, 0.2) is 5.82 Å². The van der Waals surface area contributed by atoms with E-state index in [0.29, 0.717) is 11.6 Å². The van der Waals surface area contributed by atoms with Gasteiger partial charge in [-0.05, 0) is 35.8 Å².